The summed E-state index contributed by atoms with van der Waals surface area (Å²) >= 11 is 0. The second-order valence-electron chi connectivity index (χ2n) is 4.16. The van der Waals surface area contributed by atoms with E-state index < -0.39 is 0 Å². The van der Waals surface area contributed by atoms with Gasteiger partial charge in [0.05, 0.1) is 5.69 Å². The average Bonchev–Trinajstić information content (AvgIpc) is 2.76. The van der Waals surface area contributed by atoms with Gasteiger partial charge in [-0.1, -0.05) is 0 Å². The van der Waals surface area contributed by atoms with E-state index in [-0.39, 0.29) is 11.5 Å². The number of aromatic amines is 1. The Balaban J connectivity index is 2.05. The second kappa shape index (κ2) is 5.39. The molecule has 0 radical (unpaired) electrons. The van der Waals surface area contributed by atoms with Crippen LogP contribution >= 0.6 is 0 Å². The number of furan rings is 1. The number of aryl methyl sites for hydroxylation is 2. The summed E-state index contributed by atoms with van der Waals surface area (Å²) < 4.78 is 5.31. The van der Waals surface area contributed by atoms with Crippen molar-refractivity contribution in [3.05, 3.63) is 57.9 Å². The average molecular weight is 258 g/mol. The topological polar surface area (TPSA) is 75.1 Å². The number of hydrogen-bond acceptors (Lipinski definition) is 3. The molecule has 19 heavy (non-hydrogen) atoms. The van der Waals surface area contributed by atoms with Crippen LogP contribution in [0.5, 0.6) is 0 Å². The number of aromatic nitrogens is 1. The van der Waals surface area contributed by atoms with Crippen molar-refractivity contribution >= 4 is 17.7 Å². The summed E-state index contributed by atoms with van der Waals surface area (Å²) in [5, 5.41) is 2.68. The Bertz CT molecular complexity index is 680. The Morgan fingerprint density at radius 2 is 2.16 bits per heavy atom. The number of pyridine rings is 1. The van der Waals surface area contributed by atoms with Gasteiger partial charge >= 0.3 is 0 Å². The van der Waals surface area contributed by atoms with Crippen molar-refractivity contribution in [2.45, 2.75) is 13.8 Å². The van der Waals surface area contributed by atoms with E-state index in [0.717, 1.165) is 5.76 Å². The molecule has 0 aliphatic heterocycles. The lowest BCUT2D eigenvalue weighted by Gasteiger charge is -2.04. The fourth-order valence-corrected chi connectivity index (χ4v) is 1.58. The van der Waals surface area contributed by atoms with Crippen LogP contribution in [0.15, 0.2) is 39.7 Å². The molecule has 5 nitrogen and oxygen atoms in total. The molecule has 0 aliphatic carbocycles. The van der Waals surface area contributed by atoms with Crippen molar-refractivity contribution in [2.24, 2.45) is 0 Å². The van der Waals surface area contributed by atoms with E-state index >= 15 is 0 Å². The van der Waals surface area contributed by atoms with Crippen LogP contribution in [0, 0.1) is 13.8 Å². The smallest absolute Gasteiger partial charge is 0.248 e. The second-order valence-corrected chi connectivity index (χ2v) is 4.16. The molecule has 0 aromatic carbocycles. The molecule has 5 heteroatoms. The Morgan fingerprint density at radius 1 is 1.37 bits per heavy atom. The SMILES string of the molecule is Cc1ccc(/C=C\C(=O)Nc2c[nH]c(=O)cc2C)o1. The van der Waals surface area contributed by atoms with Gasteiger partial charge in [-0.25, -0.2) is 0 Å². The third kappa shape index (κ3) is 3.45. The molecule has 0 spiro atoms. The van der Waals surface area contributed by atoms with Gasteiger partial charge in [-0.05, 0) is 37.6 Å². The lowest BCUT2D eigenvalue weighted by atomic mass is 10.2. The molecule has 0 fully saturated rings. The van der Waals surface area contributed by atoms with Crippen LogP contribution in [0.3, 0.4) is 0 Å². The highest BCUT2D eigenvalue weighted by Crippen LogP contribution is 2.11. The maximum absolute atomic E-state index is 11.7. The minimum absolute atomic E-state index is 0.197. The summed E-state index contributed by atoms with van der Waals surface area (Å²) in [6, 6.07) is 5.03. The molecule has 2 aromatic heterocycles. The number of nitrogens with one attached hydrogen (secondary N) is 2. The Morgan fingerprint density at radius 3 is 2.79 bits per heavy atom. The molecular formula is C14H14N2O3. The van der Waals surface area contributed by atoms with Crippen molar-refractivity contribution in [3.63, 3.8) is 0 Å². The first-order chi connectivity index (χ1) is 9.04. The number of H-pyrrole nitrogens is 1. The van der Waals surface area contributed by atoms with E-state index in [1.54, 1.807) is 19.1 Å². The quantitative estimate of drug-likeness (QED) is 0.829. The van der Waals surface area contributed by atoms with E-state index in [1.165, 1.54) is 18.3 Å². The Kier molecular flexibility index (Phi) is 3.66. The molecule has 98 valence electrons. The lowest BCUT2D eigenvalue weighted by molar-refractivity contribution is -0.111. The van der Waals surface area contributed by atoms with Crippen LogP contribution in [0.1, 0.15) is 17.1 Å². The van der Waals surface area contributed by atoms with Crippen molar-refractivity contribution < 1.29 is 9.21 Å². The highest BCUT2D eigenvalue weighted by Gasteiger charge is 2.02. The first kappa shape index (κ1) is 12.9. The minimum Gasteiger partial charge on any atom is -0.462 e. The van der Waals surface area contributed by atoms with Crippen LogP contribution in [-0.2, 0) is 4.79 Å². The number of rotatable bonds is 3. The monoisotopic (exact) mass is 258 g/mol. The molecule has 2 rings (SSSR count). The summed E-state index contributed by atoms with van der Waals surface area (Å²) in [7, 11) is 0. The van der Waals surface area contributed by atoms with Gasteiger partial charge in [0.1, 0.15) is 11.5 Å². The van der Waals surface area contributed by atoms with Gasteiger partial charge in [0.15, 0.2) is 0 Å². The van der Waals surface area contributed by atoms with Gasteiger partial charge in [-0.2, -0.15) is 0 Å². The third-order valence-corrected chi connectivity index (χ3v) is 2.55. The number of amides is 1. The van der Waals surface area contributed by atoms with Crippen LogP contribution in [-0.4, -0.2) is 10.9 Å². The molecular weight excluding hydrogens is 244 g/mol. The molecule has 0 bridgehead atoms. The first-order valence-corrected chi connectivity index (χ1v) is 5.79. The maximum Gasteiger partial charge on any atom is 0.248 e. The normalized spacial score (nSPS) is 10.8. The Labute approximate surface area is 110 Å². The molecule has 0 aliphatic rings. The fourth-order valence-electron chi connectivity index (χ4n) is 1.58. The standard InChI is InChI=1S/C14H14N2O3/c1-9-7-14(18)15-8-12(9)16-13(17)6-5-11-4-3-10(2)19-11/h3-8H,1-2H3,(H,15,18)(H,16,17)/b6-5-. The zero-order valence-electron chi connectivity index (χ0n) is 10.7. The zero-order chi connectivity index (χ0) is 13.8. The molecule has 2 aromatic rings. The van der Waals surface area contributed by atoms with Crippen molar-refractivity contribution in [2.75, 3.05) is 5.32 Å². The number of hydrogen-bond donors (Lipinski definition) is 2. The fraction of sp³-hybridized carbons (Fsp3) is 0.143. The molecule has 0 atom stereocenters. The van der Waals surface area contributed by atoms with Crippen LogP contribution in [0.25, 0.3) is 6.08 Å². The summed E-state index contributed by atoms with van der Waals surface area (Å²) in [5.74, 6) is 1.12. The van der Waals surface area contributed by atoms with Gasteiger partial charge < -0.3 is 14.7 Å². The molecule has 0 unspecified atom stereocenters. The summed E-state index contributed by atoms with van der Waals surface area (Å²) in [6.45, 7) is 3.59. The van der Waals surface area contributed by atoms with Gasteiger partial charge in [0.2, 0.25) is 11.5 Å². The molecule has 2 heterocycles. The first-order valence-electron chi connectivity index (χ1n) is 5.79. The van der Waals surface area contributed by atoms with E-state index in [0.29, 0.717) is 17.0 Å². The van der Waals surface area contributed by atoms with Gasteiger partial charge in [0.25, 0.3) is 0 Å². The van der Waals surface area contributed by atoms with Gasteiger partial charge in [-0.3, -0.25) is 9.59 Å². The van der Waals surface area contributed by atoms with Crippen molar-refractivity contribution in [1.82, 2.24) is 4.98 Å². The number of carbonyl (C=O) groups excluding carboxylic acids is 1. The molecule has 0 saturated carbocycles. The van der Waals surface area contributed by atoms with Gasteiger partial charge in [-0.15, -0.1) is 0 Å². The predicted octanol–water partition coefficient (Wildman–Crippen LogP) is 2.24. The van der Waals surface area contributed by atoms with Crippen LogP contribution in [0.2, 0.25) is 0 Å². The summed E-state index contributed by atoms with van der Waals surface area (Å²) in [4.78, 5) is 25.3. The maximum atomic E-state index is 11.7. The third-order valence-electron chi connectivity index (χ3n) is 2.55. The van der Waals surface area contributed by atoms with E-state index in [1.807, 2.05) is 13.0 Å². The molecule has 1 amide bonds. The van der Waals surface area contributed by atoms with Crippen LogP contribution in [0.4, 0.5) is 5.69 Å². The van der Waals surface area contributed by atoms with Gasteiger partial charge in [0, 0.05) is 18.3 Å². The predicted molar refractivity (Wildman–Crippen MR) is 72.9 cm³/mol. The molecule has 2 N–H and O–H groups in total. The highest BCUT2D eigenvalue weighted by molar-refractivity contribution is 6.02. The minimum atomic E-state index is -0.288. The van der Waals surface area contributed by atoms with Crippen molar-refractivity contribution in [1.29, 1.82) is 0 Å². The van der Waals surface area contributed by atoms with E-state index in [9.17, 15) is 9.59 Å². The van der Waals surface area contributed by atoms with E-state index in [4.69, 9.17) is 4.42 Å². The molecule has 0 saturated heterocycles. The summed E-state index contributed by atoms with van der Waals surface area (Å²) in [6.07, 6.45) is 4.44. The van der Waals surface area contributed by atoms with Crippen LogP contribution < -0.4 is 10.9 Å². The highest BCUT2D eigenvalue weighted by atomic mass is 16.3. The number of anilines is 1. The lowest BCUT2D eigenvalue weighted by Crippen LogP contribution is -2.12. The zero-order valence-corrected chi connectivity index (χ0v) is 10.7. The number of carbonyl (C=O) groups is 1. The van der Waals surface area contributed by atoms with E-state index in [2.05, 4.69) is 10.3 Å². The Hall–Kier alpha value is -2.56. The largest absolute Gasteiger partial charge is 0.462 e. The van der Waals surface area contributed by atoms with Crippen molar-refractivity contribution in [3.8, 4) is 0 Å². The summed E-state index contributed by atoms with van der Waals surface area (Å²) in [5.41, 5.74) is 1.08.